The lowest BCUT2D eigenvalue weighted by molar-refractivity contribution is -0.139. The number of rotatable bonds is 2. The first-order valence-electron chi connectivity index (χ1n) is 3.44. The van der Waals surface area contributed by atoms with Gasteiger partial charge < -0.3 is 10.8 Å². The molecule has 1 fully saturated rings. The molecule has 0 aromatic heterocycles. The molecule has 0 radical (unpaired) electrons. The van der Waals surface area contributed by atoms with Gasteiger partial charge in [-0.25, -0.2) is 0 Å². The fraction of sp³-hybridized carbons (Fsp3) is 0.857. The molecule has 1 aliphatic carbocycles. The van der Waals surface area contributed by atoms with Crippen molar-refractivity contribution >= 4 is 18.4 Å². The average Bonchev–Trinajstić information content (AvgIpc) is 2.33. The number of hydrogen-bond donors (Lipinski definition) is 2. The Morgan fingerprint density at radius 2 is 2.09 bits per heavy atom. The van der Waals surface area contributed by atoms with Crippen LogP contribution in [-0.2, 0) is 4.79 Å². The predicted octanol–water partition coefficient (Wildman–Crippen LogP) is 0.724. The zero-order chi connectivity index (χ0) is 7.94. The molecule has 0 saturated heterocycles. The lowest BCUT2D eigenvalue weighted by atomic mass is 10.1. The molecule has 0 aromatic rings. The molecule has 0 amide bonds. The van der Waals surface area contributed by atoms with Crippen molar-refractivity contribution in [1.82, 2.24) is 0 Å². The lowest BCUT2D eigenvalue weighted by Gasteiger charge is -1.96. The van der Waals surface area contributed by atoms with Crippen LogP contribution in [0.25, 0.3) is 0 Å². The van der Waals surface area contributed by atoms with E-state index in [1.165, 1.54) is 0 Å². The number of nitrogens with two attached hydrogens (primary N) is 1. The van der Waals surface area contributed by atoms with Gasteiger partial charge in [0.1, 0.15) is 0 Å². The minimum Gasteiger partial charge on any atom is -0.481 e. The van der Waals surface area contributed by atoms with Crippen molar-refractivity contribution in [1.29, 1.82) is 0 Å². The summed E-state index contributed by atoms with van der Waals surface area (Å²) in [4.78, 5) is 10.5. The summed E-state index contributed by atoms with van der Waals surface area (Å²) in [6, 6.07) is 0. The van der Waals surface area contributed by atoms with E-state index in [2.05, 4.69) is 0 Å². The zero-order valence-corrected chi connectivity index (χ0v) is 7.52. The summed E-state index contributed by atoms with van der Waals surface area (Å²) in [6.45, 7) is 4.39. The summed E-state index contributed by atoms with van der Waals surface area (Å²) in [7, 11) is 0. The van der Waals surface area contributed by atoms with Crippen LogP contribution >= 0.6 is 12.4 Å². The van der Waals surface area contributed by atoms with Crippen molar-refractivity contribution in [3.63, 3.8) is 0 Å². The molecule has 1 saturated carbocycles. The smallest absolute Gasteiger partial charge is 0.307 e. The van der Waals surface area contributed by atoms with Gasteiger partial charge in [-0.3, -0.25) is 4.79 Å². The van der Waals surface area contributed by atoms with Crippen molar-refractivity contribution in [3.05, 3.63) is 0 Å². The third-order valence-corrected chi connectivity index (χ3v) is 2.57. The molecule has 4 heteroatoms. The molecule has 0 spiro atoms. The Bertz CT molecular complexity index is 170. The van der Waals surface area contributed by atoms with Crippen molar-refractivity contribution in [2.45, 2.75) is 13.8 Å². The maximum atomic E-state index is 10.5. The number of aliphatic carboxylic acids is 1. The highest BCUT2D eigenvalue weighted by Gasteiger charge is 2.61. The number of carbonyl (C=O) groups is 1. The molecule has 2 atom stereocenters. The van der Waals surface area contributed by atoms with Gasteiger partial charge in [0.25, 0.3) is 0 Å². The van der Waals surface area contributed by atoms with E-state index in [0.717, 1.165) is 0 Å². The Morgan fingerprint density at radius 1 is 1.64 bits per heavy atom. The Kier molecular flexibility index (Phi) is 2.91. The maximum Gasteiger partial charge on any atom is 0.307 e. The Morgan fingerprint density at radius 3 is 2.18 bits per heavy atom. The Labute approximate surface area is 72.4 Å². The third-order valence-electron chi connectivity index (χ3n) is 2.57. The van der Waals surface area contributed by atoms with Crippen molar-refractivity contribution in [3.8, 4) is 0 Å². The molecule has 66 valence electrons. The highest BCUT2D eigenvalue weighted by Crippen LogP contribution is 2.57. The summed E-state index contributed by atoms with van der Waals surface area (Å²) >= 11 is 0. The van der Waals surface area contributed by atoms with Crippen LogP contribution in [0.2, 0.25) is 0 Å². The van der Waals surface area contributed by atoms with E-state index < -0.39 is 5.97 Å². The second kappa shape index (κ2) is 2.99. The van der Waals surface area contributed by atoms with E-state index in [0.29, 0.717) is 6.54 Å². The lowest BCUT2D eigenvalue weighted by Crippen LogP contribution is -2.07. The van der Waals surface area contributed by atoms with Gasteiger partial charge in [-0.05, 0) is 17.9 Å². The molecule has 0 bridgehead atoms. The number of carboxylic acids is 1. The fourth-order valence-corrected chi connectivity index (χ4v) is 1.67. The topological polar surface area (TPSA) is 63.3 Å². The molecule has 1 rings (SSSR count). The monoisotopic (exact) mass is 179 g/mol. The summed E-state index contributed by atoms with van der Waals surface area (Å²) in [5, 5.41) is 8.63. The van der Waals surface area contributed by atoms with E-state index in [-0.39, 0.29) is 29.7 Å². The molecule has 11 heavy (non-hydrogen) atoms. The minimum atomic E-state index is -0.708. The Hall–Kier alpha value is -0.280. The van der Waals surface area contributed by atoms with Crippen LogP contribution in [0.15, 0.2) is 0 Å². The van der Waals surface area contributed by atoms with Crippen LogP contribution in [0.1, 0.15) is 13.8 Å². The van der Waals surface area contributed by atoms with Gasteiger partial charge in [0, 0.05) is 0 Å². The largest absolute Gasteiger partial charge is 0.481 e. The second-order valence-electron chi connectivity index (χ2n) is 3.48. The van der Waals surface area contributed by atoms with Gasteiger partial charge in [0.05, 0.1) is 5.92 Å². The number of hydrogen-bond acceptors (Lipinski definition) is 2. The maximum absolute atomic E-state index is 10.5. The van der Waals surface area contributed by atoms with Gasteiger partial charge in [-0.1, -0.05) is 13.8 Å². The van der Waals surface area contributed by atoms with Crippen LogP contribution in [0.4, 0.5) is 0 Å². The van der Waals surface area contributed by atoms with Gasteiger partial charge in [0.2, 0.25) is 0 Å². The normalized spacial score (nSPS) is 32.3. The standard InChI is InChI=1S/C7H13NO2.ClH/c1-7(2)4(3-8)5(7)6(9)10;/h4-5H,3,8H2,1-2H3,(H,9,10);1H/t4-,5-;/m0./s1. The first kappa shape index (κ1) is 10.7. The zero-order valence-electron chi connectivity index (χ0n) is 6.70. The van der Waals surface area contributed by atoms with Crippen molar-refractivity contribution in [2.75, 3.05) is 6.54 Å². The molecule has 0 aliphatic heterocycles. The summed E-state index contributed by atoms with van der Waals surface area (Å²) in [6.07, 6.45) is 0. The molecule has 3 nitrogen and oxygen atoms in total. The van der Waals surface area contributed by atoms with Crippen LogP contribution in [0.5, 0.6) is 0 Å². The van der Waals surface area contributed by atoms with Crippen LogP contribution in [-0.4, -0.2) is 17.6 Å². The quantitative estimate of drug-likeness (QED) is 0.657. The molecule has 0 unspecified atom stereocenters. The summed E-state index contributed by atoms with van der Waals surface area (Å²) in [5.41, 5.74) is 5.31. The molecule has 3 N–H and O–H groups in total. The Balaban J connectivity index is 0.000001000. The van der Waals surface area contributed by atoms with Crippen LogP contribution in [0, 0.1) is 17.3 Å². The first-order chi connectivity index (χ1) is 4.51. The number of halogens is 1. The molecule has 0 heterocycles. The summed E-state index contributed by atoms with van der Waals surface area (Å²) < 4.78 is 0. The third kappa shape index (κ3) is 1.49. The van der Waals surface area contributed by atoms with Gasteiger partial charge in [0.15, 0.2) is 0 Å². The number of carboxylic acid groups (broad SMARTS) is 1. The van der Waals surface area contributed by atoms with E-state index >= 15 is 0 Å². The van der Waals surface area contributed by atoms with E-state index in [1.54, 1.807) is 0 Å². The van der Waals surface area contributed by atoms with Gasteiger partial charge in [-0.15, -0.1) is 12.4 Å². The van der Waals surface area contributed by atoms with Crippen molar-refractivity contribution < 1.29 is 9.90 Å². The molecule has 1 aliphatic rings. The van der Waals surface area contributed by atoms with Crippen molar-refractivity contribution in [2.24, 2.45) is 23.0 Å². The first-order valence-corrected chi connectivity index (χ1v) is 3.44. The van der Waals surface area contributed by atoms with Gasteiger partial charge in [-0.2, -0.15) is 0 Å². The highest BCUT2D eigenvalue weighted by atomic mass is 35.5. The molecular weight excluding hydrogens is 166 g/mol. The van der Waals surface area contributed by atoms with E-state index in [9.17, 15) is 4.79 Å². The fourth-order valence-electron chi connectivity index (χ4n) is 1.67. The molecule has 0 aromatic carbocycles. The van der Waals surface area contributed by atoms with Crippen LogP contribution < -0.4 is 5.73 Å². The predicted molar refractivity (Wildman–Crippen MR) is 44.7 cm³/mol. The summed E-state index contributed by atoms with van der Waals surface area (Å²) in [5.74, 6) is -0.733. The van der Waals surface area contributed by atoms with E-state index in [4.69, 9.17) is 10.8 Å². The second-order valence-corrected chi connectivity index (χ2v) is 3.48. The SMILES string of the molecule is CC1(C)[C@H](C(=O)O)[C@@H]1CN.Cl. The van der Waals surface area contributed by atoms with Crippen LogP contribution in [0.3, 0.4) is 0 Å². The minimum absolute atomic E-state index is 0. The van der Waals surface area contributed by atoms with E-state index in [1.807, 2.05) is 13.8 Å². The average molecular weight is 180 g/mol. The molecular formula is C7H14ClNO2. The highest BCUT2D eigenvalue weighted by molar-refractivity contribution is 5.85. The van der Waals surface area contributed by atoms with Gasteiger partial charge >= 0.3 is 5.97 Å².